The number of nitrogens with one attached hydrogen (secondary N) is 1. The van der Waals surface area contributed by atoms with Crippen molar-refractivity contribution in [2.24, 2.45) is 11.8 Å². The molecule has 2 amide bonds. The number of rotatable bonds is 4. The van der Waals surface area contributed by atoms with Crippen LogP contribution in [0.4, 0.5) is 4.79 Å². The quantitative estimate of drug-likeness (QED) is 0.834. The van der Waals surface area contributed by atoms with E-state index in [0.717, 1.165) is 38.4 Å². The van der Waals surface area contributed by atoms with Crippen molar-refractivity contribution in [2.75, 3.05) is 39.3 Å². The van der Waals surface area contributed by atoms with Crippen molar-refractivity contribution >= 4 is 6.03 Å². The Labute approximate surface area is 135 Å². The van der Waals surface area contributed by atoms with Crippen molar-refractivity contribution in [2.45, 2.75) is 52.0 Å². The zero-order valence-corrected chi connectivity index (χ0v) is 14.5. The number of carbonyl (C=O) groups excluding carboxylic acids is 1. The number of urea groups is 1. The Morgan fingerprint density at radius 2 is 1.95 bits per heavy atom. The summed E-state index contributed by atoms with van der Waals surface area (Å²) in [6.45, 7) is 11.4. The van der Waals surface area contributed by atoms with Gasteiger partial charge in [-0.05, 0) is 57.9 Å². The predicted molar refractivity (Wildman–Crippen MR) is 88.8 cm³/mol. The van der Waals surface area contributed by atoms with Gasteiger partial charge in [-0.25, -0.2) is 4.79 Å². The lowest BCUT2D eigenvalue weighted by molar-refractivity contribution is 0.0695. The molecule has 0 saturated carbocycles. The molecule has 2 heterocycles. The highest BCUT2D eigenvalue weighted by Gasteiger charge is 2.31. The minimum Gasteiger partial charge on any atom is -0.396 e. The van der Waals surface area contributed by atoms with Gasteiger partial charge in [-0.3, -0.25) is 4.90 Å². The van der Waals surface area contributed by atoms with Crippen LogP contribution in [-0.4, -0.2) is 65.8 Å². The molecule has 2 aliphatic rings. The topological polar surface area (TPSA) is 55.8 Å². The van der Waals surface area contributed by atoms with Gasteiger partial charge in [0.15, 0.2) is 0 Å². The smallest absolute Gasteiger partial charge is 0.317 e. The SMILES string of the molecule is CC1CCCN(C(C)(C)CNC(=O)N2CCCC(CO)C2)C1. The lowest BCUT2D eigenvalue weighted by Crippen LogP contribution is -2.56. The van der Waals surface area contributed by atoms with Gasteiger partial charge in [0, 0.05) is 38.3 Å². The first-order chi connectivity index (χ1) is 10.4. The fourth-order valence-electron chi connectivity index (χ4n) is 3.65. The van der Waals surface area contributed by atoms with E-state index in [2.05, 4.69) is 31.0 Å². The second-order valence-electron chi connectivity index (χ2n) is 7.80. The normalized spacial score (nSPS) is 27.7. The van der Waals surface area contributed by atoms with E-state index in [-0.39, 0.29) is 24.1 Å². The van der Waals surface area contributed by atoms with Crippen LogP contribution in [0.25, 0.3) is 0 Å². The Balaban J connectivity index is 1.81. The molecule has 128 valence electrons. The highest BCUT2D eigenvalue weighted by molar-refractivity contribution is 5.74. The number of nitrogens with zero attached hydrogens (tertiary/aromatic N) is 2. The van der Waals surface area contributed by atoms with Crippen molar-refractivity contribution in [3.8, 4) is 0 Å². The van der Waals surface area contributed by atoms with Crippen molar-refractivity contribution in [1.29, 1.82) is 0 Å². The summed E-state index contributed by atoms with van der Waals surface area (Å²) in [6, 6.07) is 0.0243. The Morgan fingerprint density at radius 3 is 2.64 bits per heavy atom. The molecule has 0 aromatic carbocycles. The van der Waals surface area contributed by atoms with E-state index in [9.17, 15) is 9.90 Å². The van der Waals surface area contributed by atoms with Gasteiger partial charge in [-0.1, -0.05) is 6.92 Å². The molecule has 2 unspecified atom stereocenters. The van der Waals surface area contributed by atoms with Gasteiger partial charge >= 0.3 is 6.03 Å². The maximum atomic E-state index is 12.4. The molecular formula is C17H33N3O2. The number of hydrogen-bond donors (Lipinski definition) is 2. The second-order valence-corrected chi connectivity index (χ2v) is 7.80. The minimum atomic E-state index is -0.00347. The van der Waals surface area contributed by atoms with Crippen molar-refractivity contribution in [3.05, 3.63) is 0 Å². The van der Waals surface area contributed by atoms with Crippen LogP contribution in [0.3, 0.4) is 0 Å². The molecule has 0 aliphatic carbocycles. The molecule has 2 aliphatic heterocycles. The van der Waals surface area contributed by atoms with Gasteiger partial charge in [0.2, 0.25) is 0 Å². The first kappa shape index (κ1) is 17.5. The molecule has 0 spiro atoms. The predicted octanol–water partition coefficient (Wildman–Crippen LogP) is 1.91. The zero-order valence-electron chi connectivity index (χ0n) is 14.5. The molecule has 2 rings (SSSR count). The van der Waals surface area contributed by atoms with Crippen LogP contribution < -0.4 is 5.32 Å². The number of aliphatic hydroxyl groups is 1. The molecule has 2 fully saturated rings. The Kier molecular flexibility index (Phi) is 6.09. The molecule has 0 bridgehead atoms. The maximum Gasteiger partial charge on any atom is 0.317 e. The second kappa shape index (κ2) is 7.64. The Hall–Kier alpha value is -0.810. The molecule has 0 aromatic heterocycles. The van der Waals surface area contributed by atoms with Crippen molar-refractivity contribution in [3.63, 3.8) is 0 Å². The molecule has 2 saturated heterocycles. The standard InChI is InChI=1S/C17H33N3O2/c1-14-6-4-9-20(10-14)17(2,3)13-18-16(22)19-8-5-7-15(11-19)12-21/h14-15,21H,4-13H2,1-3H3,(H,18,22). The summed E-state index contributed by atoms with van der Waals surface area (Å²) < 4.78 is 0. The third-order valence-corrected chi connectivity index (χ3v) is 5.25. The van der Waals surface area contributed by atoms with Crippen LogP contribution in [0.5, 0.6) is 0 Å². The molecule has 0 radical (unpaired) electrons. The number of hydrogen-bond acceptors (Lipinski definition) is 3. The summed E-state index contributed by atoms with van der Waals surface area (Å²) in [6.07, 6.45) is 4.58. The van der Waals surface area contributed by atoms with Crippen LogP contribution in [-0.2, 0) is 0 Å². The highest BCUT2D eigenvalue weighted by atomic mass is 16.3. The van der Waals surface area contributed by atoms with Crippen LogP contribution in [0, 0.1) is 11.8 Å². The average molecular weight is 311 g/mol. The number of amides is 2. The number of aliphatic hydroxyl groups excluding tert-OH is 1. The molecule has 2 N–H and O–H groups in total. The third-order valence-electron chi connectivity index (χ3n) is 5.25. The molecule has 22 heavy (non-hydrogen) atoms. The van der Waals surface area contributed by atoms with Crippen LogP contribution in [0.2, 0.25) is 0 Å². The minimum absolute atomic E-state index is 0.00347. The Bertz CT molecular complexity index is 373. The van der Waals surface area contributed by atoms with Gasteiger partial charge in [-0.2, -0.15) is 0 Å². The average Bonchev–Trinajstić information content (AvgIpc) is 2.52. The van der Waals surface area contributed by atoms with E-state index in [1.165, 1.54) is 12.8 Å². The van der Waals surface area contributed by atoms with E-state index in [0.29, 0.717) is 13.1 Å². The summed E-state index contributed by atoms with van der Waals surface area (Å²) >= 11 is 0. The fourth-order valence-corrected chi connectivity index (χ4v) is 3.65. The van der Waals surface area contributed by atoms with Crippen molar-refractivity contribution in [1.82, 2.24) is 15.1 Å². The van der Waals surface area contributed by atoms with E-state index in [4.69, 9.17) is 0 Å². The Morgan fingerprint density at radius 1 is 1.23 bits per heavy atom. The van der Waals surface area contributed by atoms with Gasteiger partial charge < -0.3 is 15.3 Å². The number of likely N-dealkylation sites (tertiary alicyclic amines) is 2. The van der Waals surface area contributed by atoms with E-state index in [1.54, 1.807) is 0 Å². The summed E-state index contributed by atoms with van der Waals surface area (Å²) in [5.74, 6) is 0.992. The maximum absolute atomic E-state index is 12.4. The fraction of sp³-hybridized carbons (Fsp3) is 0.941. The first-order valence-corrected chi connectivity index (χ1v) is 8.81. The van der Waals surface area contributed by atoms with E-state index < -0.39 is 0 Å². The van der Waals surface area contributed by atoms with Crippen LogP contribution >= 0.6 is 0 Å². The van der Waals surface area contributed by atoms with Gasteiger partial charge in [0.25, 0.3) is 0 Å². The monoisotopic (exact) mass is 311 g/mol. The number of piperidine rings is 2. The largest absolute Gasteiger partial charge is 0.396 e. The first-order valence-electron chi connectivity index (χ1n) is 8.81. The third kappa shape index (κ3) is 4.59. The molecule has 5 heteroatoms. The lowest BCUT2D eigenvalue weighted by Gasteiger charge is -2.43. The molecule has 0 aromatic rings. The van der Waals surface area contributed by atoms with Gasteiger partial charge in [-0.15, -0.1) is 0 Å². The molecule has 5 nitrogen and oxygen atoms in total. The number of carbonyl (C=O) groups is 1. The molecule has 2 atom stereocenters. The van der Waals surface area contributed by atoms with Gasteiger partial charge in [0.1, 0.15) is 0 Å². The van der Waals surface area contributed by atoms with Crippen LogP contribution in [0.1, 0.15) is 46.5 Å². The molecular weight excluding hydrogens is 278 g/mol. The summed E-state index contributed by atoms with van der Waals surface area (Å²) in [4.78, 5) is 16.7. The van der Waals surface area contributed by atoms with E-state index in [1.807, 2.05) is 4.90 Å². The van der Waals surface area contributed by atoms with Gasteiger partial charge in [0.05, 0.1) is 0 Å². The highest BCUT2D eigenvalue weighted by Crippen LogP contribution is 2.23. The van der Waals surface area contributed by atoms with Crippen molar-refractivity contribution < 1.29 is 9.90 Å². The van der Waals surface area contributed by atoms with E-state index >= 15 is 0 Å². The summed E-state index contributed by atoms with van der Waals surface area (Å²) in [5, 5.41) is 12.4. The summed E-state index contributed by atoms with van der Waals surface area (Å²) in [5.41, 5.74) is -0.00347. The van der Waals surface area contributed by atoms with Crippen LogP contribution in [0.15, 0.2) is 0 Å². The zero-order chi connectivity index (χ0) is 16.2. The lowest BCUT2D eigenvalue weighted by atomic mass is 9.93. The summed E-state index contributed by atoms with van der Waals surface area (Å²) in [7, 11) is 0.